The van der Waals surface area contributed by atoms with Gasteiger partial charge < -0.3 is 12.0 Å². The van der Waals surface area contributed by atoms with Crippen LogP contribution in [0, 0.1) is 6.92 Å². The van der Waals surface area contributed by atoms with Gasteiger partial charge in [0.15, 0.2) is 0 Å². The number of hydrogen-bond donors (Lipinski definition) is 1. The minimum absolute atomic E-state index is 0. The Balaban J connectivity index is 0. The van der Waals surface area contributed by atoms with Crippen LogP contribution in [0.25, 0.3) is 0 Å². The third-order valence-corrected chi connectivity index (χ3v) is 0.418. The molecule has 0 aromatic heterocycles. The van der Waals surface area contributed by atoms with E-state index in [1.165, 1.54) is 0 Å². The van der Waals surface area contributed by atoms with E-state index in [1.807, 2.05) is 0 Å². The summed E-state index contributed by atoms with van der Waals surface area (Å²) in [7, 11) is 0. The summed E-state index contributed by atoms with van der Waals surface area (Å²) in [5, 5.41) is 8.30. The van der Waals surface area contributed by atoms with Crippen molar-refractivity contribution in [1.82, 2.24) is 0 Å². The largest absolute Gasteiger partial charge is 0.396 e. The van der Waals surface area contributed by atoms with Gasteiger partial charge in [-0.1, -0.05) is 0 Å². The average molecular weight is 257 g/mol. The molecule has 0 aromatic rings. The fourth-order valence-electron chi connectivity index (χ4n) is 0. The third-order valence-electron chi connectivity index (χ3n) is 0.418. The van der Waals surface area contributed by atoms with E-state index in [0.29, 0.717) is 6.42 Å². The van der Waals surface area contributed by atoms with Crippen molar-refractivity contribution in [1.29, 1.82) is 0 Å². The quantitative estimate of drug-likeness (QED) is 0.681. The summed E-state index contributed by atoms with van der Waals surface area (Å²) < 4.78 is 0. The first-order valence-corrected chi connectivity index (χ1v) is 1.74. The van der Waals surface area contributed by atoms with E-state index in [0.717, 1.165) is 0 Å². The maximum atomic E-state index is 8.30. The van der Waals surface area contributed by atoms with Gasteiger partial charge in [-0.2, -0.15) is 6.42 Å². The molecule has 0 spiro atoms. The molecule has 0 rings (SSSR count). The van der Waals surface area contributed by atoms with Gasteiger partial charge >= 0.3 is 0 Å². The van der Waals surface area contributed by atoms with Crippen LogP contribution < -0.4 is 0 Å². The molecule has 0 saturated heterocycles. The van der Waals surface area contributed by atoms with E-state index in [1.54, 1.807) is 6.92 Å². The predicted molar refractivity (Wildman–Crippen MR) is 21.7 cm³/mol. The van der Waals surface area contributed by atoms with Crippen molar-refractivity contribution in [3.05, 3.63) is 6.92 Å². The van der Waals surface area contributed by atoms with Crippen LogP contribution in [-0.2, 0) is 21.1 Å². The normalized spacial score (nSPS) is 12.5. The molecule has 6 heavy (non-hydrogen) atoms. The number of aliphatic hydroxyl groups excluding tert-OH is 1. The fourth-order valence-corrected chi connectivity index (χ4v) is 0. The first-order chi connectivity index (χ1) is 2.27. The summed E-state index contributed by atoms with van der Waals surface area (Å²) in [5.41, 5.74) is 0. The SMILES string of the molecule is [CH2-]CC(C)O.[W]. The number of hydrogen-bond acceptors (Lipinski definition) is 1. The molecule has 1 N–H and O–H groups in total. The monoisotopic (exact) mass is 257 g/mol. The predicted octanol–water partition coefficient (Wildman–Crippen LogP) is 0.589. The molecule has 0 aliphatic carbocycles. The summed E-state index contributed by atoms with van der Waals surface area (Å²) in [5.74, 6) is 0. The number of rotatable bonds is 1. The molecule has 0 aliphatic heterocycles. The second-order valence-electron chi connectivity index (χ2n) is 1.14. The Kier molecular flexibility index (Phi) is 9.24. The molecule has 1 unspecified atom stereocenters. The maximum Gasteiger partial charge on any atom is 0.0241 e. The van der Waals surface area contributed by atoms with Crippen molar-refractivity contribution in [3.8, 4) is 0 Å². The van der Waals surface area contributed by atoms with Crippen molar-refractivity contribution < 1.29 is 26.2 Å². The van der Waals surface area contributed by atoms with Crippen LogP contribution in [0.2, 0.25) is 0 Å². The van der Waals surface area contributed by atoms with Gasteiger partial charge in [-0.3, -0.25) is 0 Å². The van der Waals surface area contributed by atoms with Crippen LogP contribution in [0.5, 0.6) is 0 Å². The van der Waals surface area contributed by atoms with E-state index in [4.69, 9.17) is 5.11 Å². The smallest absolute Gasteiger partial charge is 0.0241 e. The summed E-state index contributed by atoms with van der Waals surface area (Å²) in [6.45, 7) is 5.15. The van der Waals surface area contributed by atoms with Crippen LogP contribution in [0.15, 0.2) is 0 Å². The molecule has 2 heteroatoms. The average Bonchev–Trinajstić information content (AvgIpc) is 1.38. The van der Waals surface area contributed by atoms with E-state index in [-0.39, 0.29) is 27.2 Å². The fraction of sp³-hybridized carbons (Fsp3) is 0.750. The summed E-state index contributed by atoms with van der Waals surface area (Å²) in [6, 6.07) is 0. The zero-order valence-electron chi connectivity index (χ0n) is 3.85. The topological polar surface area (TPSA) is 20.2 Å². The minimum atomic E-state index is -0.227. The summed E-state index contributed by atoms with van der Waals surface area (Å²) in [4.78, 5) is 0. The second kappa shape index (κ2) is 5.65. The Labute approximate surface area is 53.0 Å². The first kappa shape index (κ1) is 9.82. The van der Waals surface area contributed by atoms with Gasteiger partial charge in [0.1, 0.15) is 0 Å². The van der Waals surface area contributed by atoms with Gasteiger partial charge in [0.2, 0.25) is 0 Å². The molecule has 0 saturated carbocycles. The third kappa shape index (κ3) is 8.82. The van der Waals surface area contributed by atoms with Gasteiger partial charge in [0, 0.05) is 27.2 Å². The Morgan fingerprint density at radius 3 is 2.00 bits per heavy atom. The van der Waals surface area contributed by atoms with Crippen LogP contribution in [0.1, 0.15) is 13.3 Å². The molecule has 0 amide bonds. The standard InChI is InChI=1S/C4H9O.W/c1-3-4(2)5;/h4-5H,1,3H2,2H3;/q-1;. The second-order valence-corrected chi connectivity index (χ2v) is 1.14. The molecule has 0 heterocycles. The van der Waals surface area contributed by atoms with E-state index >= 15 is 0 Å². The first-order valence-electron chi connectivity index (χ1n) is 1.74. The minimum Gasteiger partial charge on any atom is -0.396 e. The Morgan fingerprint density at radius 2 is 2.00 bits per heavy atom. The zero-order valence-corrected chi connectivity index (χ0v) is 6.78. The molecule has 1 atom stereocenters. The number of aliphatic hydroxyl groups is 1. The molecule has 1 nitrogen and oxygen atoms in total. The van der Waals surface area contributed by atoms with Crippen LogP contribution in [0.4, 0.5) is 0 Å². The van der Waals surface area contributed by atoms with E-state index < -0.39 is 0 Å². The maximum absolute atomic E-state index is 8.30. The van der Waals surface area contributed by atoms with Crippen LogP contribution in [-0.4, -0.2) is 11.2 Å². The van der Waals surface area contributed by atoms with E-state index in [2.05, 4.69) is 6.92 Å². The Morgan fingerprint density at radius 1 is 1.83 bits per heavy atom. The molecule has 38 valence electrons. The molecule has 0 bridgehead atoms. The van der Waals surface area contributed by atoms with Crippen molar-refractivity contribution in [3.63, 3.8) is 0 Å². The Bertz CT molecular complexity index is 21.5. The molecular formula is C4H9OW-. The molecular weight excluding hydrogens is 248 g/mol. The summed E-state index contributed by atoms with van der Waals surface area (Å²) >= 11 is 0. The van der Waals surface area contributed by atoms with Gasteiger partial charge in [-0.05, 0) is 6.92 Å². The van der Waals surface area contributed by atoms with Gasteiger partial charge in [-0.15, -0.1) is 0 Å². The summed E-state index contributed by atoms with van der Waals surface area (Å²) in [6.07, 6.45) is 0.384. The van der Waals surface area contributed by atoms with E-state index in [9.17, 15) is 0 Å². The Hall–Kier alpha value is 0.648. The van der Waals surface area contributed by atoms with Crippen molar-refractivity contribution in [2.45, 2.75) is 19.4 Å². The van der Waals surface area contributed by atoms with Crippen LogP contribution in [0.3, 0.4) is 0 Å². The molecule has 0 aromatic carbocycles. The molecule has 0 aliphatic rings. The zero-order chi connectivity index (χ0) is 4.28. The van der Waals surface area contributed by atoms with Crippen LogP contribution >= 0.6 is 0 Å². The molecule has 0 fully saturated rings. The van der Waals surface area contributed by atoms with Crippen molar-refractivity contribution >= 4 is 0 Å². The van der Waals surface area contributed by atoms with Gasteiger partial charge in [0.25, 0.3) is 0 Å². The van der Waals surface area contributed by atoms with Gasteiger partial charge in [-0.25, -0.2) is 0 Å². The molecule has 0 radical (unpaired) electrons. The van der Waals surface area contributed by atoms with Crippen molar-refractivity contribution in [2.75, 3.05) is 0 Å². The van der Waals surface area contributed by atoms with Gasteiger partial charge in [0.05, 0.1) is 0 Å². The van der Waals surface area contributed by atoms with Crippen molar-refractivity contribution in [2.24, 2.45) is 0 Å².